The molecule has 1 rings (SSSR count). The summed E-state index contributed by atoms with van der Waals surface area (Å²) in [5.41, 5.74) is 1.15. The van der Waals surface area contributed by atoms with Crippen molar-refractivity contribution in [2.24, 2.45) is 5.92 Å². The minimum Gasteiger partial charge on any atom is -0.384 e. The van der Waals surface area contributed by atoms with Crippen LogP contribution in [0.2, 0.25) is 5.02 Å². The molecule has 0 heterocycles. The lowest BCUT2D eigenvalue weighted by molar-refractivity contribution is 0.637. The predicted octanol–water partition coefficient (Wildman–Crippen LogP) is 4.53. The van der Waals surface area contributed by atoms with Crippen molar-refractivity contribution in [3.05, 3.63) is 29.3 Å². The van der Waals surface area contributed by atoms with E-state index in [4.69, 9.17) is 11.6 Å². The summed E-state index contributed by atoms with van der Waals surface area (Å²) in [6.45, 7) is 5.57. The lowest BCUT2D eigenvalue weighted by atomic mass is 10.2. The molecule has 0 aliphatic rings. The van der Waals surface area contributed by atoms with E-state index in [2.05, 4.69) is 19.2 Å². The Morgan fingerprint density at radius 3 is 2.62 bits per heavy atom. The molecular formula is C13H20ClNS. The van der Waals surface area contributed by atoms with E-state index in [9.17, 15) is 0 Å². The minimum atomic E-state index is 0.789. The van der Waals surface area contributed by atoms with Crippen LogP contribution in [-0.2, 0) is 0 Å². The zero-order chi connectivity index (χ0) is 11.8. The molecule has 16 heavy (non-hydrogen) atoms. The normalized spacial score (nSPS) is 12.4. The van der Waals surface area contributed by atoms with Crippen LogP contribution in [0.3, 0.4) is 0 Å². The summed E-state index contributed by atoms with van der Waals surface area (Å²) in [6.07, 6.45) is 1.28. The number of nitrogens with one attached hydrogen (secondary N) is 1. The molecular weight excluding hydrogens is 238 g/mol. The Morgan fingerprint density at radius 1 is 1.31 bits per heavy atom. The second-order valence-electron chi connectivity index (χ2n) is 4.02. The van der Waals surface area contributed by atoms with Gasteiger partial charge in [-0.05, 0) is 35.9 Å². The van der Waals surface area contributed by atoms with Crippen molar-refractivity contribution in [3.8, 4) is 0 Å². The van der Waals surface area contributed by atoms with Crippen molar-refractivity contribution in [1.82, 2.24) is 0 Å². The van der Waals surface area contributed by atoms with Crippen LogP contribution in [0.1, 0.15) is 20.3 Å². The molecule has 1 nitrogen and oxygen atoms in total. The van der Waals surface area contributed by atoms with Gasteiger partial charge < -0.3 is 5.32 Å². The second kappa shape index (κ2) is 7.86. The van der Waals surface area contributed by atoms with Gasteiger partial charge >= 0.3 is 0 Å². The van der Waals surface area contributed by atoms with Crippen molar-refractivity contribution in [1.29, 1.82) is 0 Å². The Hall–Kier alpha value is -0.340. The van der Waals surface area contributed by atoms with Crippen molar-refractivity contribution in [2.45, 2.75) is 20.3 Å². The van der Waals surface area contributed by atoms with E-state index in [0.717, 1.165) is 28.9 Å². The summed E-state index contributed by atoms with van der Waals surface area (Å²) in [5, 5.41) is 4.17. The monoisotopic (exact) mass is 257 g/mol. The van der Waals surface area contributed by atoms with Crippen molar-refractivity contribution >= 4 is 29.1 Å². The molecule has 3 heteroatoms. The van der Waals surface area contributed by atoms with E-state index in [0.29, 0.717) is 0 Å². The van der Waals surface area contributed by atoms with Gasteiger partial charge in [-0.15, -0.1) is 0 Å². The zero-order valence-corrected chi connectivity index (χ0v) is 11.6. The standard InChI is InChI=1S/C13H20ClNS/c1-3-11(2)10-16-9-8-15-13-6-4-12(14)5-7-13/h4-7,11,15H,3,8-10H2,1-2H3. The Bertz CT molecular complexity index is 286. The van der Waals surface area contributed by atoms with Gasteiger partial charge in [-0.2, -0.15) is 11.8 Å². The van der Waals surface area contributed by atoms with Gasteiger partial charge in [0.05, 0.1) is 0 Å². The molecule has 0 spiro atoms. The molecule has 0 radical (unpaired) electrons. The smallest absolute Gasteiger partial charge is 0.0407 e. The molecule has 0 bridgehead atoms. The molecule has 1 aromatic rings. The molecule has 0 fully saturated rings. The van der Waals surface area contributed by atoms with Gasteiger partial charge in [-0.25, -0.2) is 0 Å². The third-order valence-corrected chi connectivity index (χ3v) is 4.07. The Kier molecular flexibility index (Phi) is 6.74. The molecule has 0 amide bonds. The summed E-state index contributed by atoms with van der Waals surface area (Å²) in [6, 6.07) is 7.86. The lowest BCUT2D eigenvalue weighted by Crippen LogP contribution is -2.05. The van der Waals surface area contributed by atoms with Crippen LogP contribution < -0.4 is 5.32 Å². The van der Waals surface area contributed by atoms with Crippen LogP contribution >= 0.6 is 23.4 Å². The lowest BCUT2D eigenvalue weighted by Gasteiger charge is -2.09. The van der Waals surface area contributed by atoms with Crippen LogP contribution in [0.5, 0.6) is 0 Å². The third-order valence-electron chi connectivity index (χ3n) is 2.52. The van der Waals surface area contributed by atoms with Crippen molar-refractivity contribution in [3.63, 3.8) is 0 Å². The summed E-state index contributed by atoms with van der Waals surface area (Å²) in [5.74, 6) is 3.26. The van der Waals surface area contributed by atoms with Crippen molar-refractivity contribution < 1.29 is 0 Å². The summed E-state index contributed by atoms with van der Waals surface area (Å²) < 4.78 is 0. The zero-order valence-electron chi connectivity index (χ0n) is 10.0. The fourth-order valence-corrected chi connectivity index (χ4v) is 2.41. The molecule has 0 aliphatic carbocycles. The highest BCUT2D eigenvalue weighted by Gasteiger charge is 1.98. The maximum atomic E-state index is 5.81. The average Bonchev–Trinajstić information content (AvgIpc) is 2.31. The van der Waals surface area contributed by atoms with Crippen LogP contribution in [-0.4, -0.2) is 18.1 Å². The first-order valence-electron chi connectivity index (χ1n) is 5.79. The number of halogens is 1. The van der Waals surface area contributed by atoms with Crippen LogP contribution in [0.4, 0.5) is 5.69 Å². The number of hydrogen-bond acceptors (Lipinski definition) is 2. The van der Waals surface area contributed by atoms with Crippen LogP contribution in [0.25, 0.3) is 0 Å². The fraction of sp³-hybridized carbons (Fsp3) is 0.538. The highest BCUT2D eigenvalue weighted by molar-refractivity contribution is 7.99. The highest BCUT2D eigenvalue weighted by atomic mass is 35.5. The highest BCUT2D eigenvalue weighted by Crippen LogP contribution is 2.14. The first-order valence-corrected chi connectivity index (χ1v) is 7.32. The SMILES string of the molecule is CCC(C)CSCCNc1ccc(Cl)cc1. The van der Waals surface area contributed by atoms with E-state index in [1.54, 1.807) is 0 Å². The topological polar surface area (TPSA) is 12.0 Å². The van der Waals surface area contributed by atoms with E-state index in [-0.39, 0.29) is 0 Å². The van der Waals surface area contributed by atoms with Gasteiger partial charge in [0.1, 0.15) is 0 Å². The van der Waals surface area contributed by atoms with Gasteiger partial charge in [0.2, 0.25) is 0 Å². The largest absolute Gasteiger partial charge is 0.384 e. The molecule has 1 atom stereocenters. The Morgan fingerprint density at radius 2 is 2.00 bits per heavy atom. The van der Waals surface area contributed by atoms with Gasteiger partial charge in [0, 0.05) is 23.0 Å². The van der Waals surface area contributed by atoms with Gasteiger partial charge in [0.25, 0.3) is 0 Å². The molecule has 0 aromatic heterocycles. The molecule has 1 unspecified atom stereocenters. The van der Waals surface area contributed by atoms with Gasteiger partial charge in [0.15, 0.2) is 0 Å². The van der Waals surface area contributed by atoms with Gasteiger partial charge in [-0.1, -0.05) is 31.9 Å². The molecule has 1 N–H and O–H groups in total. The number of hydrogen-bond donors (Lipinski definition) is 1. The fourth-order valence-electron chi connectivity index (χ4n) is 1.24. The van der Waals surface area contributed by atoms with E-state index in [1.165, 1.54) is 12.2 Å². The molecule has 0 saturated heterocycles. The average molecular weight is 258 g/mol. The molecule has 1 aromatic carbocycles. The van der Waals surface area contributed by atoms with Crippen LogP contribution in [0.15, 0.2) is 24.3 Å². The van der Waals surface area contributed by atoms with Crippen LogP contribution in [0, 0.1) is 5.92 Å². The molecule has 0 aliphatic heterocycles. The minimum absolute atomic E-state index is 0.789. The first-order chi connectivity index (χ1) is 7.72. The predicted molar refractivity (Wildman–Crippen MR) is 76.7 cm³/mol. The Balaban J connectivity index is 2.09. The van der Waals surface area contributed by atoms with Gasteiger partial charge in [-0.3, -0.25) is 0 Å². The quantitative estimate of drug-likeness (QED) is 0.721. The second-order valence-corrected chi connectivity index (χ2v) is 5.61. The number of anilines is 1. The van der Waals surface area contributed by atoms with E-state index in [1.807, 2.05) is 36.0 Å². The summed E-state index contributed by atoms with van der Waals surface area (Å²) in [4.78, 5) is 0. The number of thioether (sulfide) groups is 1. The number of rotatable bonds is 7. The van der Waals surface area contributed by atoms with E-state index < -0.39 is 0 Å². The summed E-state index contributed by atoms with van der Waals surface area (Å²) in [7, 11) is 0. The Labute approximate surface area is 108 Å². The van der Waals surface area contributed by atoms with E-state index >= 15 is 0 Å². The van der Waals surface area contributed by atoms with Crippen molar-refractivity contribution in [2.75, 3.05) is 23.4 Å². The molecule has 0 saturated carbocycles. The third kappa shape index (κ3) is 5.66. The maximum Gasteiger partial charge on any atom is 0.0407 e. The first kappa shape index (κ1) is 13.7. The maximum absolute atomic E-state index is 5.81. The molecule has 90 valence electrons. The summed E-state index contributed by atoms with van der Waals surface area (Å²) >= 11 is 7.83. The number of benzene rings is 1.